The van der Waals surface area contributed by atoms with Crippen LogP contribution >= 0.6 is 0 Å². The minimum absolute atomic E-state index is 0.0732. The van der Waals surface area contributed by atoms with Crippen molar-refractivity contribution in [3.8, 4) is 0 Å². The summed E-state index contributed by atoms with van der Waals surface area (Å²) in [4.78, 5) is 38.0. The molecule has 0 saturated heterocycles. The number of esters is 3. The van der Waals surface area contributed by atoms with Gasteiger partial charge in [-0.3, -0.25) is 14.4 Å². The van der Waals surface area contributed by atoms with Gasteiger partial charge in [0.05, 0.1) is 0 Å². The molecule has 0 saturated carbocycles. The van der Waals surface area contributed by atoms with Crippen LogP contribution in [0.1, 0.15) is 297 Å². The lowest BCUT2D eigenvalue weighted by Crippen LogP contribution is -2.30. The van der Waals surface area contributed by atoms with Crippen molar-refractivity contribution in [1.82, 2.24) is 0 Å². The van der Waals surface area contributed by atoms with Crippen LogP contribution in [0, 0.1) is 0 Å². The molecule has 0 aromatic carbocycles. The Morgan fingerprint density at radius 2 is 0.532 bits per heavy atom. The summed E-state index contributed by atoms with van der Waals surface area (Å²) >= 11 is 0. The van der Waals surface area contributed by atoms with E-state index in [9.17, 15) is 14.4 Å². The van der Waals surface area contributed by atoms with Crippen molar-refractivity contribution in [2.45, 2.75) is 303 Å². The Kier molecular flexibility index (Phi) is 49.8. The van der Waals surface area contributed by atoms with Gasteiger partial charge in [-0.05, 0) is 70.6 Å². The van der Waals surface area contributed by atoms with Crippen LogP contribution in [0.3, 0.4) is 0 Å². The van der Waals surface area contributed by atoms with Crippen molar-refractivity contribution in [1.29, 1.82) is 0 Å². The number of hydrogen-bond donors (Lipinski definition) is 0. The van der Waals surface area contributed by atoms with Gasteiger partial charge in [0.1, 0.15) is 13.2 Å². The quantitative estimate of drug-likeness (QED) is 0.0262. The summed E-state index contributed by atoms with van der Waals surface area (Å²) in [6.07, 6.45) is 58.7. The Bertz CT molecular complexity index is 1000. The molecule has 0 aliphatic heterocycles. The predicted octanol–water partition coefficient (Wildman–Crippen LogP) is 17.9. The van der Waals surface area contributed by atoms with Gasteiger partial charge >= 0.3 is 17.9 Å². The molecule has 364 valence electrons. The van der Waals surface area contributed by atoms with Gasteiger partial charge in [0.15, 0.2) is 6.10 Å². The minimum atomic E-state index is -0.774. The first kappa shape index (κ1) is 59.9. The van der Waals surface area contributed by atoms with Gasteiger partial charge in [0.25, 0.3) is 0 Å². The Labute approximate surface area is 385 Å². The number of unbranched alkanes of at least 4 members (excludes halogenated alkanes) is 35. The third-order valence-electron chi connectivity index (χ3n) is 12.2. The van der Waals surface area contributed by atoms with Crippen molar-refractivity contribution < 1.29 is 28.6 Å². The second-order valence-corrected chi connectivity index (χ2v) is 18.5. The summed E-state index contributed by atoms with van der Waals surface area (Å²) in [7, 11) is 0. The molecule has 6 nitrogen and oxygen atoms in total. The van der Waals surface area contributed by atoms with E-state index in [2.05, 4.69) is 45.1 Å². The number of carbonyl (C=O) groups is 3. The van der Waals surface area contributed by atoms with Crippen molar-refractivity contribution in [2.75, 3.05) is 13.2 Å². The fourth-order valence-electron chi connectivity index (χ4n) is 8.02. The molecule has 0 aromatic rings. The third kappa shape index (κ3) is 48.9. The minimum Gasteiger partial charge on any atom is -0.462 e. The summed E-state index contributed by atoms with van der Waals surface area (Å²) in [6.45, 7) is 6.65. The molecule has 0 fully saturated rings. The highest BCUT2D eigenvalue weighted by Crippen LogP contribution is 2.16. The normalized spacial score (nSPS) is 12.1. The lowest BCUT2D eigenvalue weighted by molar-refractivity contribution is -0.167. The smallest absolute Gasteiger partial charge is 0.306 e. The van der Waals surface area contributed by atoms with E-state index in [4.69, 9.17) is 14.2 Å². The zero-order chi connectivity index (χ0) is 45.1. The highest BCUT2D eigenvalue weighted by molar-refractivity contribution is 5.71. The standard InChI is InChI=1S/C56H104O6/c1-4-7-10-13-16-19-22-25-28-31-34-37-40-43-46-49-55(58)61-52-53(51-60-54(57)48-45-42-39-36-33-30-27-24-21-18-15-12-9-6-3)62-56(59)50-47-44-41-38-35-32-29-26-23-20-17-14-11-8-5-2/h25-26,28-29,53H,4-24,27,30-52H2,1-3H3. The van der Waals surface area contributed by atoms with Crippen molar-refractivity contribution >= 4 is 17.9 Å². The van der Waals surface area contributed by atoms with Crippen LogP contribution in [0.5, 0.6) is 0 Å². The molecule has 0 aromatic heterocycles. The zero-order valence-corrected chi connectivity index (χ0v) is 41.7. The first-order chi connectivity index (χ1) is 30.5. The van der Waals surface area contributed by atoms with E-state index in [0.29, 0.717) is 19.3 Å². The van der Waals surface area contributed by atoms with Crippen LogP contribution in [-0.4, -0.2) is 37.2 Å². The van der Waals surface area contributed by atoms with E-state index in [1.54, 1.807) is 0 Å². The number of carbonyl (C=O) groups excluding carboxylic acids is 3. The third-order valence-corrected chi connectivity index (χ3v) is 12.2. The summed E-state index contributed by atoms with van der Waals surface area (Å²) in [5.41, 5.74) is 0. The van der Waals surface area contributed by atoms with Gasteiger partial charge in [0, 0.05) is 19.3 Å². The Morgan fingerprint density at radius 3 is 0.806 bits per heavy atom. The van der Waals surface area contributed by atoms with Gasteiger partial charge in [-0.15, -0.1) is 0 Å². The number of ether oxygens (including phenoxy) is 3. The molecule has 0 heterocycles. The SMILES string of the molecule is CCCCCCCCC=CCCCCCCCC(=O)OCC(COC(=O)CCCCCCCCCCCCCCCC)OC(=O)CCCCCCCC=CCCCCCCCC. The molecule has 62 heavy (non-hydrogen) atoms. The summed E-state index contributed by atoms with van der Waals surface area (Å²) in [5, 5.41) is 0. The molecule has 6 heteroatoms. The van der Waals surface area contributed by atoms with E-state index in [0.717, 1.165) is 70.6 Å². The molecule has 0 rings (SSSR count). The molecule has 1 atom stereocenters. The second-order valence-electron chi connectivity index (χ2n) is 18.5. The molecule has 0 aliphatic rings. The van der Waals surface area contributed by atoms with Gasteiger partial charge in [-0.25, -0.2) is 0 Å². The molecular weight excluding hydrogens is 769 g/mol. The van der Waals surface area contributed by atoms with Crippen LogP contribution in [-0.2, 0) is 28.6 Å². The molecule has 0 N–H and O–H groups in total. The van der Waals surface area contributed by atoms with Crippen molar-refractivity contribution in [3.05, 3.63) is 24.3 Å². The maximum Gasteiger partial charge on any atom is 0.306 e. The number of hydrogen-bond acceptors (Lipinski definition) is 6. The van der Waals surface area contributed by atoms with Crippen LogP contribution < -0.4 is 0 Å². The predicted molar refractivity (Wildman–Crippen MR) is 266 cm³/mol. The fraction of sp³-hybridized carbons (Fsp3) is 0.875. The lowest BCUT2D eigenvalue weighted by atomic mass is 10.0. The average Bonchev–Trinajstić information content (AvgIpc) is 3.27. The van der Waals surface area contributed by atoms with Gasteiger partial charge in [-0.1, -0.05) is 231 Å². The van der Waals surface area contributed by atoms with Gasteiger partial charge < -0.3 is 14.2 Å². The average molecular weight is 873 g/mol. The van der Waals surface area contributed by atoms with Crippen molar-refractivity contribution in [3.63, 3.8) is 0 Å². The molecule has 0 spiro atoms. The Morgan fingerprint density at radius 1 is 0.306 bits per heavy atom. The first-order valence-electron chi connectivity index (χ1n) is 27.3. The highest BCUT2D eigenvalue weighted by Gasteiger charge is 2.19. The lowest BCUT2D eigenvalue weighted by Gasteiger charge is -2.18. The summed E-state index contributed by atoms with van der Waals surface area (Å²) < 4.78 is 16.8. The van der Waals surface area contributed by atoms with Crippen LogP contribution in [0.25, 0.3) is 0 Å². The van der Waals surface area contributed by atoms with Crippen LogP contribution in [0.2, 0.25) is 0 Å². The highest BCUT2D eigenvalue weighted by atomic mass is 16.6. The maximum atomic E-state index is 12.8. The van der Waals surface area contributed by atoms with Crippen LogP contribution in [0.15, 0.2) is 24.3 Å². The van der Waals surface area contributed by atoms with E-state index >= 15 is 0 Å². The van der Waals surface area contributed by atoms with E-state index in [-0.39, 0.29) is 31.1 Å². The molecule has 0 bridgehead atoms. The van der Waals surface area contributed by atoms with Gasteiger partial charge in [-0.2, -0.15) is 0 Å². The zero-order valence-electron chi connectivity index (χ0n) is 41.7. The fourth-order valence-corrected chi connectivity index (χ4v) is 8.02. The molecule has 0 aliphatic carbocycles. The van der Waals surface area contributed by atoms with Gasteiger partial charge in [0.2, 0.25) is 0 Å². The molecular formula is C56H104O6. The monoisotopic (exact) mass is 873 g/mol. The summed E-state index contributed by atoms with van der Waals surface area (Å²) in [5.74, 6) is -0.875. The largest absolute Gasteiger partial charge is 0.462 e. The van der Waals surface area contributed by atoms with E-state index < -0.39 is 6.10 Å². The number of allylic oxidation sites excluding steroid dienone is 4. The number of rotatable bonds is 50. The van der Waals surface area contributed by atoms with E-state index in [1.165, 1.54) is 186 Å². The molecule has 0 amide bonds. The molecule has 1 unspecified atom stereocenters. The Balaban J connectivity index is 4.36. The maximum absolute atomic E-state index is 12.8. The Hall–Kier alpha value is -2.11. The molecule has 0 radical (unpaired) electrons. The van der Waals surface area contributed by atoms with Crippen LogP contribution in [0.4, 0.5) is 0 Å². The first-order valence-corrected chi connectivity index (χ1v) is 27.3. The summed E-state index contributed by atoms with van der Waals surface area (Å²) in [6, 6.07) is 0. The van der Waals surface area contributed by atoms with Crippen molar-refractivity contribution in [2.24, 2.45) is 0 Å². The second kappa shape index (κ2) is 51.5. The van der Waals surface area contributed by atoms with E-state index in [1.807, 2.05) is 0 Å². The topological polar surface area (TPSA) is 78.9 Å².